The van der Waals surface area contributed by atoms with Gasteiger partial charge in [0, 0.05) is 34.6 Å². The third-order valence-corrected chi connectivity index (χ3v) is 3.59. The third-order valence-electron chi connectivity index (χ3n) is 3.59. The van der Waals surface area contributed by atoms with Gasteiger partial charge in [-0.05, 0) is 0 Å². The molecule has 0 aromatic rings. The number of rotatable bonds is 6. The first-order chi connectivity index (χ1) is 12.5. The summed E-state index contributed by atoms with van der Waals surface area (Å²) in [5, 5.41) is 1.49. The molecule has 0 N–H and O–H groups in total. The van der Waals surface area contributed by atoms with E-state index in [2.05, 4.69) is 0 Å². The minimum Gasteiger partial charge on any atom is -0.462 e. The van der Waals surface area contributed by atoms with Gasteiger partial charge < -0.3 is 14.2 Å². The minimum atomic E-state index is -1.34. The van der Waals surface area contributed by atoms with Gasteiger partial charge in [0.25, 0.3) is 5.91 Å². The largest absolute Gasteiger partial charge is 0.462 e. The van der Waals surface area contributed by atoms with Crippen LogP contribution in [0, 0.1) is 0 Å². The Morgan fingerprint density at radius 3 is 1.89 bits per heavy atom. The van der Waals surface area contributed by atoms with Crippen LogP contribution in [0.3, 0.4) is 0 Å². The van der Waals surface area contributed by atoms with E-state index in [-0.39, 0.29) is 6.42 Å². The van der Waals surface area contributed by atoms with Crippen LogP contribution in [-0.2, 0) is 43.0 Å². The average Bonchev–Trinajstić information content (AvgIpc) is 2.86. The van der Waals surface area contributed by atoms with E-state index >= 15 is 0 Å². The second-order valence-electron chi connectivity index (χ2n) is 5.88. The highest BCUT2D eigenvalue weighted by Crippen LogP contribution is 2.27. The van der Waals surface area contributed by atoms with Crippen LogP contribution >= 0.6 is 0 Å². The van der Waals surface area contributed by atoms with E-state index in [0.29, 0.717) is 5.01 Å². The zero-order valence-electron chi connectivity index (χ0n) is 15.7. The molecule has 1 heterocycles. The van der Waals surface area contributed by atoms with Crippen molar-refractivity contribution >= 4 is 35.6 Å². The van der Waals surface area contributed by atoms with Crippen molar-refractivity contribution in [1.29, 1.82) is 0 Å². The third kappa shape index (κ3) is 5.76. The molecule has 0 aliphatic carbocycles. The fourth-order valence-electron chi connectivity index (χ4n) is 2.78. The lowest BCUT2D eigenvalue weighted by Crippen LogP contribution is -2.55. The zero-order chi connectivity index (χ0) is 20.9. The van der Waals surface area contributed by atoms with Crippen LogP contribution in [-0.4, -0.2) is 70.5 Å². The maximum absolute atomic E-state index is 12.2. The molecule has 1 aliphatic heterocycles. The molecule has 150 valence electrons. The van der Waals surface area contributed by atoms with Gasteiger partial charge in [0.1, 0.15) is 12.6 Å². The van der Waals surface area contributed by atoms with Crippen LogP contribution in [0.4, 0.5) is 0 Å². The molecule has 0 aromatic heterocycles. The predicted molar refractivity (Wildman–Crippen MR) is 86.2 cm³/mol. The van der Waals surface area contributed by atoms with E-state index in [0.717, 1.165) is 39.6 Å². The standard InChI is InChI=1S/C16H22N2O9/c1-8(19)17-13(6-15(24)18(17)9(2)20)16(27-12(5)23)14(26-11(4)22)7-25-10(3)21/h13-14,16H,6-7H2,1-5H3/t13-,14-,16-/m1/s1. The first-order valence-electron chi connectivity index (χ1n) is 8.06. The highest BCUT2D eigenvalue weighted by molar-refractivity contribution is 5.98. The van der Waals surface area contributed by atoms with E-state index in [1.165, 1.54) is 0 Å². The average molecular weight is 386 g/mol. The minimum absolute atomic E-state index is 0.352. The Balaban J connectivity index is 3.31. The van der Waals surface area contributed by atoms with Crippen molar-refractivity contribution in [3.05, 3.63) is 0 Å². The van der Waals surface area contributed by atoms with Gasteiger partial charge >= 0.3 is 17.9 Å². The lowest BCUT2D eigenvalue weighted by atomic mass is 10.0. The number of hydrazine groups is 1. The number of esters is 3. The molecule has 27 heavy (non-hydrogen) atoms. The summed E-state index contributed by atoms with van der Waals surface area (Å²) in [6.45, 7) is 5.06. The summed E-state index contributed by atoms with van der Waals surface area (Å²) >= 11 is 0. The Hall–Kier alpha value is -2.98. The number of hydrogen-bond donors (Lipinski definition) is 0. The van der Waals surface area contributed by atoms with Gasteiger partial charge in [-0.2, -0.15) is 5.01 Å². The Kier molecular flexibility index (Phi) is 7.44. The molecule has 1 aliphatic rings. The topological polar surface area (TPSA) is 137 Å². The van der Waals surface area contributed by atoms with Crippen molar-refractivity contribution in [3.63, 3.8) is 0 Å². The maximum atomic E-state index is 12.2. The molecule has 1 saturated heterocycles. The van der Waals surface area contributed by atoms with Crippen LogP contribution in [0.5, 0.6) is 0 Å². The maximum Gasteiger partial charge on any atom is 0.303 e. The van der Waals surface area contributed by atoms with Gasteiger partial charge in [0.15, 0.2) is 12.2 Å². The molecule has 0 saturated carbocycles. The number of amides is 3. The van der Waals surface area contributed by atoms with Crippen molar-refractivity contribution < 1.29 is 43.0 Å². The molecule has 3 amide bonds. The summed E-state index contributed by atoms with van der Waals surface area (Å²) in [5.74, 6) is -4.27. The summed E-state index contributed by atoms with van der Waals surface area (Å²) < 4.78 is 15.1. The molecule has 0 aromatic carbocycles. The monoisotopic (exact) mass is 386 g/mol. The van der Waals surface area contributed by atoms with Crippen LogP contribution in [0.2, 0.25) is 0 Å². The van der Waals surface area contributed by atoms with E-state index in [9.17, 15) is 28.8 Å². The van der Waals surface area contributed by atoms with E-state index in [4.69, 9.17) is 14.2 Å². The molecule has 0 unspecified atom stereocenters. The Labute approximate surface area is 155 Å². The van der Waals surface area contributed by atoms with Gasteiger partial charge in [-0.25, -0.2) is 5.01 Å². The Morgan fingerprint density at radius 2 is 1.48 bits per heavy atom. The Morgan fingerprint density at radius 1 is 0.926 bits per heavy atom. The molecule has 3 atom stereocenters. The van der Waals surface area contributed by atoms with Gasteiger partial charge in [-0.3, -0.25) is 28.8 Å². The summed E-state index contributed by atoms with van der Waals surface area (Å²) in [5.41, 5.74) is 0. The summed E-state index contributed by atoms with van der Waals surface area (Å²) in [7, 11) is 0. The van der Waals surface area contributed by atoms with Crippen molar-refractivity contribution in [2.45, 2.75) is 59.3 Å². The second-order valence-corrected chi connectivity index (χ2v) is 5.88. The lowest BCUT2D eigenvalue weighted by Gasteiger charge is -2.35. The molecule has 11 heteroatoms. The van der Waals surface area contributed by atoms with Crippen molar-refractivity contribution in [2.75, 3.05) is 6.61 Å². The fraction of sp³-hybridized carbons (Fsp3) is 0.625. The second kappa shape index (κ2) is 9.10. The van der Waals surface area contributed by atoms with Gasteiger partial charge in [-0.1, -0.05) is 0 Å². The lowest BCUT2D eigenvalue weighted by molar-refractivity contribution is -0.186. The summed E-state index contributed by atoms with van der Waals surface area (Å²) in [4.78, 5) is 70.2. The molecule has 1 rings (SSSR count). The quantitative estimate of drug-likeness (QED) is 0.429. The SMILES string of the molecule is CC(=O)OC[C@@H](OC(C)=O)[C@H](OC(C)=O)[C@H]1CC(=O)N(C(C)=O)N1C(C)=O. The number of carbonyl (C=O) groups is 6. The summed E-state index contributed by atoms with van der Waals surface area (Å²) in [6, 6.07) is -1.12. The van der Waals surface area contributed by atoms with Gasteiger partial charge in [0.05, 0.1) is 6.42 Å². The van der Waals surface area contributed by atoms with Crippen molar-refractivity contribution in [2.24, 2.45) is 0 Å². The predicted octanol–water partition coefficient (Wildman–Crippen LogP) is -0.676. The molecule has 0 spiro atoms. The number of hydrogen-bond acceptors (Lipinski definition) is 9. The van der Waals surface area contributed by atoms with E-state index < -0.39 is 60.5 Å². The van der Waals surface area contributed by atoms with Crippen molar-refractivity contribution in [3.8, 4) is 0 Å². The number of imide groups is 1. The van der Waals surface area contributed by atoms with Crippen LogP contribution in [0.15, 0.2) is 0 Å². The first kappa shape index (κ1) is 22.1. The normalized spacial score (nSPS) is 18.6. The van der Waals surface area contributed by atoms with Crippen LogP contribution in [0.1, 0.15) is 41.0 Å². The van der Waals surface area contributed by atoms with Crippen LogP contribution < -0.4 is 0 Å². The van der Waals surface area contributed by atoms with E-state index in [1.54, 1.807) is 0 Å². The smallest absolute Gasteiger partial charge is 0.303 e. The molecule has 11 nitrogen and oxygen atoms in total. The molecular formula is C16H22N2O9. The van der Waals surface area contributed by atoms with E-state index in [1.807, 2.05) is 0 Å². The molecule has 0 bridgehead atoms. The Bertz CT molecular complexity index is 660. The first-order valence-corrected chi connectivity index (χ1v) is 8.06. The van der Waals surface area contributed by atoms with Crippen LogP contribution in [0.25, 0.3) is 0 Å². The molecule has 1 fully saturated rings. The van der Waals surface area contributed by atoms with Gasteiger partial charge in [-0.15, -0.1) is 0 Å². The summed E-state index contributed by atoms with van der Waals surface area (Å²) in [6.07, 6.45) is -2.99. The highest BCUT2D eigenvalue weighted by Gasteiger charge is 2.50. The highest BCUT2D eigenvalue weighted by atomic mass is 16.6. The molecule has 0 radical (unpaired) electrons. The number of nitrogens with zero attached hydrogens (tertiary/aromatic N) is 2. The fourth-order valence-corrected chi connectivity index (χ4v) is 2.78. The zero-order valence-corrected chi connectivity index (χ0v) is 15.7. The molecular weight excluding hydrogens is 364 g/mol. The van der Waals surface area contributed by atoms with Crippen molar-refractivity contribution in [1.82, 2.24) is 10.0 Å². The van der Waals surface area contributed by atoms with Gasteiger partial charge in [0.2, 0.25) is 11.8 Å². The number of carbonyl (C=O) groups excluding carboxylic acids is 6. The number of ether oxygens (including phenoxy) is 3.